The van der Waals surface area contributed by atoms with E-state index in [0.29, 0.717) is 19.5 Å². The van der Waals surface area contributed by atoms with Crippen LogP contribution in [0.3, 0.4) is 0 Å². The number of β-amino-alcohol motifs (C(OH)–C–C–N with tert-alkyl or cyclic N) is 1. The minimum Gasteiger partial charge on any atom is -0.390 e. The van der Waals surface area contributed by atoms with Crippen LogP contribution in [0.1, 0.15) is 31.7 Å². The number of benzene rings is 1. The molecule has 1 aliphatic rings. The Morgan fingerprint density at radius 2 is 2.17 bits per heavy atom. The van der Waals surface area contributed by atoms with E-state index in [2.05, 4.69) is 27.2 Å². The number of aliphatic hydroxyl groups is 1. The van der Waals surface area contributed by atoms with Crippen molar-refractivity contribution in [2.45, 2.75) is 44.9 Å². The van der Waals surface area contributed by atoms with Crippen molar-refractivity contribution in [3.8, 4) is 0 Å². The Balaban J connectivity index is 1.72. The largest absolute Gasteiger partial charge is 0.390 e. The van der Waals surface area contributed by atoms with Crippen LogP contribution >= 0.6 is 0 Å². The number of carbonyl (C=O) groups is 1. The third-order valence-corrected chi connectivity index (χ3v) is 4.48. The number of likely N-dealkylation sites (tertiary alicyclic amines) is 1. The molecule has 5 nitrogen and oxygen atoms in total. The Bertz CT molecular complexity index is 495. The van der Waals surface area contributed by atoms with E-state index in [0.717, 1.165) is 32.5 Å². The molecule has 1 aromatic carbocycles. The van der Waals surface area contributed by atoms with Crippen LogP contribution in [0.5, 0.6) is 0 Å². The number of likely N-dealkylation sites (N-methyl/N-ethyl adjacent to an activating group) is 1. The molecule has 2 N–H and O–H groups in total. The third kappa shape index (κ3) is 6.59. The maximum absolute atomic E-state index is 11.5. The van der Waals surface area contributed by atoms with Crippen LogP contribution in [-0.4, -0.2) is 66.2 Å². The smallest absolute Gasteiger partial charge is 0.219 e. The second kappa shape index (κ2) is 9.77. The summed E-state index contributed by atoms with van der Waals surface area (Å²) in [7, 11) is 2.04. The van der Waals surface area contributed by atoms with E-state index in [-0.39, 0.29) is 18.1 Å². The number of rotatable bonds is 8. The van der Waals surface area contributed by atoms with E-state index in [1.807, 2.05) is 32.2 Å². The molecular formula is C19H31N3O2. The van der Waals surface area contributed by atoms with Gasteiger partial charge in [-0.15, -0.1) is 0 Å². The fraction of sp³-hybridized carbons (Fsp3) is 0.632. The molecule has 134 valence electrons. The Kier molecular flexibility index (Phi) is 7.69. The molecule has 0 bridgehead atoms. The van der Waals surface area contributed by atoms with Crippen LogP contribution in [0, 0.1) is 0 Å². The normalized spacial score (nSPS) is 20.1. The van der Waals surface area contributed by atoms with Crippen LogP contribution in [0.15, 0.2) is 30.3 Å². The van der Waals surface area contributed by atoms with Gasteiger partial charge in [0, 0.05) is 38.6 Å². The number of piperidine rings is 1. The molecule has 1 amide bonds. The summed E-state index contributed by atoms with van der Waals surface area (Å²) in [4.78, 5) is 16.0. The maximum atomic E-state index is 11.5. The average Bonchev–Trinajstić information content (AvgIpc) is 2.55. The Hall–Kier alpha value is -1.43. The summed E-state index contributed by atoms with van der Waals surface area (Å²) >= 11 is 0. The van der Waals surface area contributed by atoms with Gasteiger partial charge < -0.3 is 10.4 Å². The van der Waals surface area contributed by atoms with Gasteiger partial charge in [0.1, 0.15) is 0 Å². The molecule has 5 heteroatoms. The SMILES string of the molecule is CCC(=O)NC1CCCN(CC(O)CN(C)Cc2ccccc2)C1. The number of nitrogens with zero attached hydrogens (tertiary/aromatic N) is 2. The summed E-state index contributed by atoms with van der Waals surface area (Å²) in [5, 5.41) is 13.5. The lowest BCUT2D eigenvalue weighted by Crippen LogP contribution is -2.50. The summed E-state index contributed by atoms with van der Waals surface area (Å²) in [6.45, 7) is 5.87. The Morgan fingerprint density at radius 1 is 1.42 bits per heavy atom. The molecule has 2 rings (SSSR count). The van der Waals surface area contributed by atoms with Gasteiger partial charge in [-0.25, -0.2) is 0 Å². The first kappa shape index (κ1) is 18.9. The molecule has 0 spiro atoms. The highest BCUT2D eigenvalue weighted by molar-refractivity contribution is 5.75. The van der Waals surface area contributed by atoms with Crippen LogP contribution < -0.4 is 5.32 Å². The fourth-order valence-corrected chi connectivity index (χ4v) is 3.34. The Morgan fingerprint density at radius 3 is 2.88 bits per heavy atom. The number of aliphatic hydroxyl groups excluding tert-OH is 1. The van der Waals surface area contributed by atoms with Crippen molar-refractivity contribution < 1.29 is 9.90 Å². The molecule has 1 fully saturated rings. The number of nitrogens with one attached hydrogen (secondary N) is 1. The van der Waals surface area contributed by atoms with E-state index >= 15 is 0 Å². The van der Waals surface area contributed by atoms with Gasteiger partial charge in [-0.3, -0.25) is 14.6 Å². The van der Waals surface area contributed by atoms with E-state index in [9.17, 15) is 9.90 Å². The van der Waals surface area contributed by atoms with Crippen molar-refractivity contribution in [2.24, 2.45) is 0 Å². The number of amides is 1. The van der Waals surface area contributed by atoms with Crippen LogP contribution in [0.25, 0.3) is 0 Å². The van der Waals surface area contributed by atoms with Crippen LogP contribution in [-0.2, 0) is 11.3 Å². The molecule has 1 aliphatic heterocycles. The topological polar surface area (TPSA) is 55.8 Å². The highest BCUT2D eigenvalue weighted by Gasteiger charge is 2.23. The number of carbonyl (C=O) groups excluding carboxylic acids is 1. The lowest BCUT2D eigenvalue weighted by atomic mass is 10.0. The van der Waals surface area contributed by atoms with Crippen molar-refractivity contribution in [3.63, 3.8) is 0 Å². The van der Waals surface area contributed by atoms with Gasteiger partial charge in [-0.2, -0.15) is 0 Å². The number of hydrogen-bond donors (Lipinski definition) is 2. The molecule has 0 aromatic heterocycles. The molecule has 1 aromatic rings. The zero-order chi connectivity index (χ0) is 17.4. The van der Waals surface area contributed by atoms with Crippen molar-refractivity contribution in [1.29, 1.82) is 0 Å². The van der Waals surface area contributed by atoms with Gasteiger partial charge in [0.15, 0.2) is 0 Å². The summed E-state index contributed by atoms with van der Waals surface area (Å²) in [5.41, 5.74) is 1.26. The van der Waals surface area contributed by atoms with E-state index < -0.39 is 0 Å². The molecule has 1 heterocycles. The number of hydrogen-bond acceptors (Lipinski definition) is 4. The van der Waals surface area contributed by atoms with Crippen molar-refractivity contribution in [2.75, 3.05) is 33.2 Å². The predicted octanol–water partition coefficient (Wildman–Crippen LogP) is 1.47. The molecule has 0 radical (unpaired) electrons. The van der Waals surface area contributed by atoms with E-state index in [1.165, 1.54) is 5.56 Å². The summed E-state index contributed by atoms with van der Waals surface area (Å²) in [6.07, 6.45) is 2.26. The highest BCUT2D eigenvalue weighted by Crippen LogP contribution is 2.11. The first-order valence-electron chi connectivity index (χ1n) is 8.99. The maximum Gasteiger partial charge on any atom is 0.219 e. The standard InChI is InChI=1S/C19H31N3O2/c1-3-19(24)20-17-10-7-11-22(13-17)15-18(23)14-21(2)12-16-8-5-4-6-9-16/h4-6,8-9,17-18,23H,3,7,10-15H2,1-2H3,(H,20,24). The van der Waals surface area contributed by atoms with Crippen molar-refractivity contribution in [1.82, 2.24) is 15.1 Å². The zero-order valence-corrected chi connectivity index (χ0v) is 14.9. The summed E-state index contributed by atoms with van der Waals surface area (Å²) in [5.74, 6) is 0.116. The molecule has 0 aliphatic carbocycles. The van der Waals surface area contributed by atoms with Gasteiger partial charge in [0.05, 0.1) is 6.10 Å². The first-order valence-corrected chi connectivity index (χ1v) is 8.99. The van der Waals surface area contributed by atoms with Gasteiger partial charge in [-0.05, 0) is 32.0 Å². The van der Waals surface area contributed by atoms with Gasteiger partial charge in [0.2, 0.25) is 5.91 Å². The van der Waals surface area contributed by atoms with Gasteiger partial charge in [0.25, 0.3) is 0 Å². The van der Waals surface area contributed by atoms with Crippen LogP contribution in [0.2, 0.25) is 0 Å². The summed E-state index contributed by atoms with van der Waals surface area (Å²) < 4.78 is 0. The third-order valence-electron chi connectivity index (χ3n) is 4.48. The van der Waals surface area contributed by atoms with Crippen molar-refractivity contribution >= 4 is 5.91 Å². The molecular weight excluding hydrogens is 302 g/mol. The molecule has 24 heavy (non-hydrogen) atoms. The molecule has 0 saturated carbocycles. The van der Waals surface area contributed by atoms with Gasteiger partial charge in [-0.1, -0.05) is 37.3 Å². The predicted molar refractivity (Wildman–Crippen MR) is 96.7 cm³/mol. The monoisotopic (exact) mass is 333 g/mol. The molecule has 2 unspecified atom stereocenters. The van der Waals surface area contributed by atoms with E-state index in [1.54, 1.807) is 0 Å². The van der Waals surface area contributed by atoms with E-state index in [4.69, 9.17) is 0 Å². The van der Waals surface area contributed by atoms with Crippen molar-refractivity contribution in [3.05, 3.63) is 35.9 Å². The lowest BCUT2D eigenvalue weighted by Gasteiger charge is -2.34. The minimum atomic E-state index is -0.376. The molecule has 1 saturated heterocycles. The fourth-order valence-electron chi connectivity index (χ4n) is 3.34. The first-order chi connectivity index (χ1) is 11.6. The quantitative estimate of drug-likeness (QED) is 0.756. The summed E-state index contributed by atoms with van der Waals surface area (Å²) in [6, 6.07) is 10.5. The highest BCUT2D eigenvalue weighted by atomic mass is 16.3. The zero-order valence-electron chi connectivity index (χ0n) is 14.9. The Labute approximate surface area is 145 Å². The van der Waals surface area contributed by atoms with Crippen LogP contribution in [0.4, 0.5) is 0 Å². The second-order valence-corrected chi connectivity index (χ2v) is 6.86. The second-order valence-electron chi connectivity index (χ2n) is 6.86. The minimum absolute atomic E-state index is 0.116. The molecule has 2 atom stereocenters. The van der Waals surface area contributed by atoms with Gasteiger partial charge >= 0.3 is 0 Å². The lowest BCUT2D eigenvalue weighted by molar-refractivity contribution is -0.121. The average molecular weight is 333 g/mol.